The Labute approximate surface area is 154 Å². The first-order chi connectivity index (χ1) is 11.1. The normalized spacial score (nSPS) is 9.92. The number of alkyl halides is 1. The Morgan fingerprint density at radius 3 is 2.54 bits per heavy atom. The van der Waals surface area contributed by atoms with Crippen LogP contribution < -0.4 is 33.8 Å². The van der Waals surface area contributed by atoms with Gasteiger partial charge in [-0.2, -0.15) is 0 Å². The first kappa shape index (κ1) is 20.2. The molecule has 0 unspecified atom stereocenters. The Kier molecular flexibility index (Phi) is 8.49. The first-order valence-electron chi connectivity index (χ1n) is 7.24. The van der Waals surface area contributed by atoms with Crippen LogP contribution in [0.3, 0.4) is 0 Å². The number of pyridine rings is 1. The van der Waals surface area contributed by atoms with Crippen LogP contribution in [-0.2, 0) is 11.3 Å². The second-order valence-electron chi connectivity index (χ2n) is 5.02. The highest BCUT2D eigenvalue weighted by Gasteiger charge is 2.10. The minimum atomic E-state index is -0.260. The molecule has 1 amide bonds. The van der Waals surface area contributed by atoms with Gasteiger partial charge in [-0.25, -0.2) is 9.37 Å². The molecule has 5 N–H and O–H groups in total. The summed E-state index contributed by atoms with van der Waals surface area (Å²) < 4.78 is 12.8. The predicted octanol–water partition coefficient (Wildman–Crippen LogP) is -0.0483. The van der Waals surface area contributed by atoms with E-state index in [-0.39, 0.29) is 24.1 Å². The van der Waals surface area contributed by atoms with Gasteiger partial charge in [-0.05, 0) is 30.2 Å². The van der Waals surface area contributed by atoms with Crippen LogP contribution in [0.25, 0.3) is 0 Å². The van der Waals surface area contributed by atoms with Crippen molar-refractivity contribution in [3.05, 3.63) is 47.8 Å². The summed E-state index contributed by atoms with van der Waals surface area (Å²) in [4.78, 5) is 14.7. The number of rotatable bonds is 7. The lowest BCUT2D eigenvalue weighted by molar-refractivity contribution is -0.342. The second-order valence-corrected chi connectivity index (χ2v) is 5.81. The highest BCUT2D eigenvalue weighted by molar-refractivity contribution is 9.09. The van der Waals surface area contributed by atoms with Crippen LogP contribution in [0.2, 0.25) is 0 Å². The van der Waals surface area contributed by atoms with Gasteiger partial charge in [-0.15, -0.1) is 0 Å². The Balaban J connectivity index is 0.00000288. The third kappa shape index (κ3) is 6.33. The summed E-state index contributed by atoms with van der Waals surface area (Å²) in [5, 5.41) is 6.71. The number of H-pyrrole nitrogens is 1. The lowest BCUT2D eigenvalue weighted by atomic mass is 10.2. The number of hydrogen-bond acceptors (Lipinski definition) is 3. The second kappa shape index (κ2) is 10.1. The predicted molar refractivity (Wildman–Crippen MR) is 92.8 cm³/mol. The number of anilines is 3. The largest absolute Gasteiger partial charge is 1.00 e. The number of nitrogens with one attached hydrogen (secondary N) is 3. The molecule has 1 aromatic heterocycles. The zero-order valence-corrected chi connectivity index (χ0v) is 15.3. The van der Waals surface area contributed by atoms with Gasteiger partial charge in [0.05, 0.1) is 6.54 Å². The van der Waals surface area contributed by atoms with Crippen LogP contribution in [0.4, 0.5) is 21.7 Å². The smallest absolute Gasteiger partial charge is 0.241 e. The van der Waals surface area contributed by atoms with E-state index in [4.69, 9.17) is 5.73 Å². The van der Waals surface area contributed by atoms with Crippen molar-refractivity contribution in [1.29, 1.82) is 0 Å². The van der Waals surface area contributed by atoms with Gasteiger partial charge in [0.1, 0.15) is 11.5 Å². The molecule has 0 aliphatic heterocycles. The molecule has 2 aromatic rings. The number of aromatic amines is 1. The maximum absolute atomic E-state index is 12.8. The van der Waals surface area contributed by atoms with Crippen molar-refractivity contribution in [2.45, 2.75) is 19.4 Å². The van der Waals surface area contributed by atoms with Crippen LogP contribution in [0.1, 0.15) is 18.4 Å². The molecule has 0 fully saturated rings. The molecule has 8 heteroatoms. The van der Waals surface area contributed by atoms with E-state index in [0.29, 0.717) is 30.3 Å². The van der Waals surface area contributed by atoms with Gasteiger partial charge in [0.15, 0.2) is 0 Å². The number of amides is 1. The molecule has 5 nitrogen and oxygen atoms in total. The average Bonchev–Trinajstić information content (AvgIpc) is 2.54. The zero-order valence-electron chi connectivity index (χ0n) is 12.9. The van der Waals surface area contributed by atoms with E-state index in [1.54, 1.807) is 24.3 Å². The summed E-state index contributed by atoms with van der Waals surface area (Å²) in [6.07, 6.45) is 1.21. The number of carbonyl (C=O) groups excluding carboxylic acids is 1. The Morgan fingerprint density at radius 2 is 1.92 bits per heavy atom. The number of nitrogens with two attached hydrogens (primary N) is 1. The summed E-state index contributed by atoms with van der Waals surface area (Å²) in [6.45, 7) is 0.535. The summed E-state index contributed by atoms with van der Waals surface area (Å²) in [5.41, 5.74) is 7.42. The molecule has 24 heavy (non-hydrogen) atoms. The van der Waals surface area contributed by atoms with Crippen molar-refractivity contribution in [3.63, 3.8) is 0 Å². The molecule has 0 radical (unpaired) electrons. The third-order valence-corrected chi connectivity index (χ3v) is 3.74. The molecular formula is C16H19BrClFN4O. The first-order valence-corrected chi connectivity index (χ1v) is 8.36. The third-order valence-electron chi connectivity index (χ3n) is 3.18. The molecule has 0 spiro atoms. The molecule has 0 saturated heterocycles. The SMILES string of the molecule is Nc1[nH+]c(NCc2ccc(F)cc2)ccc1NC(=O)CCCBr.[Cl-]. The lowest BCUT2D eigenvalue weighted by Crippen LogP contribution is -3.00. The fourth-order valence-electron chi connectivity index (χ4n) is 1.96. The van der Waals surface area contributed by atoms with E-state index in [0.717, 1.165) is 17.3 Å². The van der Waals surface area contributed by atoms with E-state index in [2.05, 4.69) is 31.5 Å². The molecule has 0 atom stereocenters. The molecule has 130 valence electrons. The molecule has 0 aliphatic carbocycles. The standard InChI is InChI=1S/C16H18BrFN4O.ClH/c17-9-1-2-15(23)21-13-7-8-14(22-16(13)19)20-10-11-3-5-12(18)6-4-11;/h3-8H,1-2,9-10H2,(H,21,23)(H3,19,20,22);1H. The number of nitrogen functional groups attached to an aromatic ring is 1. The van der Waals surface area contributed by atoms with Crippen molar-refractivity contribution in [2.75, 3.05) is 21.7 Å². The van der Waals surface area contributed by atoms with Gasteiger partial charge in [-0.1, -0.05) is 28.1 Å². The minimum Gasteiger partial charge on any atom is -1.00 e. The molecule has 0 bridgehead atoms. The van der Waals surface area contributed by atoms with Crippen molar-refractivity contribution < 1.29 is 26.6 Å². The van der Waals surface area contributed by atoms with Crippen LogP contribution >= 0.6 is 15.9 Å². The topological polar surface area (TPSA) is 81.3 Å². The van der Waals surface area contributed by atoms with Gasteiger partial charge < -0.3 is 28.8 Å². The van der Waals surface area contributed by atoms with E-state index in [1.165, 1.54) is 12.1 Å². The summed E-state index contributed by atoms with van der Waals surface area (Å²) in [6, 6.07) is 9.79. The van der Waals surface area contributed by atoms with E-state index >= 15 is 0 Å². The van der Waals surface area contributed by atoms with Gasteiger partial charge in [0, 0.05) is 17.8 Å². The number of carbonyl (C=O) groups is 1. The quantitative estimate of drug-likeness (QED) is 0.553. The Hall–Kier alpha value is -1.86. The lowest BCUT2D eigenvalue weighted by Gasteiger charge is -2.07. The number of halogens is 3. The van der Waals surface area contributed by atoms with Crippen LogP contribution in [-0.4, -0.2) is 11.2 Å². The minimum absolute atomic E-state index is 0. The average molecular weight is 418 g/mol. The van der Waals surface area contributed by atoms with Gasteiger partial charge in [-0.3, -0.25) is 4.79 Å². The number of hydrogen-bond donors (Lipinski definition) is 3. The maximum Gasteiger partial charge on any atom is 0.241 e. The summed E-state index contributed by atoms with van der Waals surface area (Å²) >= 11 is 3.29. The van der Waals surface area contributed by atoms with Crippen molar-refractivity contribution in [2.24, 2.45) is 0 Å². The van der Waals surface area contributed by atoms with Gasteiger partial charge in [0.2, 0.25) is 17.5 Å². The number of aromatic nitrogens is 1. The fourth-order valence-corrected chi connectivity index (χ4v) is 2.24. The molecule has 1 heterocycles. The molecule has 1 aromatic carbocycles. The van der Waals surface area contributed by atoms with Gasteiger partial charge in [0.25, 0.3) is 0 Å². The molecular weight excluding hydrogens is 399 g/mol. The molecule has 2 rings (SSSR count). The highest BCUT2D eigenvalue weighted by Crippen LogP contribution is 2.16. The van der Waals surface area contributed by atoms with Crippen molar-refractivity contribution in [3.8, 4) is 0 Å². The Bertz CT molecular complexity index is 670. The van der Waals surface area contributed by atoms with Gasteiger partial charge >= 0.3 is 0 Å². The van der Waals surface area contributed by atoms with E-state index < -0.39 is 0 Å². The van der Waals surface area contributed by atoms with Crippen LogP contribution in [0.5, 0.6) is 0 Å². The van der Waals surface area contributed by atoms with Crippen molar-refractivity contribution in [1.82, 2.24) is 0 Å². The van der Waals surface area contributed by atoms with E-state index in [1.807, 2.05) is 0 Å². The maximum atomic E-state index is 12.8. The monoisotopic (exact) mass is 416 g/mol. The zero-order chi connectivity index (χ0) is 16.7. The number of benzene rings is 1. The van der Waals surface area contributed by atoms with Crippen LogP contribution in [0, 0.1) is 5.82 Å². The van der Waals surface area contributed by atoms with Crippen LogP contribution in [0.15, 0.2) is 36.4 Å². The summed E-state index contributed by atoms with van der Waals surface area (Å²) in [7, 11) is 0. The fraction of sp³-hybridized carbons (Fsp3) is 0.250. The van der Waals surface area contributed by atoms with E-state index in [9.17, 15) is 9.18 Å². The summed E-state index contributed by atoms with van der Waals surface area (Å²) in [5.74, 6) is 0.757. The highest BCUT2D eigenvalue weighted by atomic mass is 79.9. The van der Waals surface area contributed by atoms with Crippen molar-refractivity contribution >= 4 is 39.2 Å². The molecule has 0 saturated carbocycles. The molecule has 0 aliphatic rings. The Morgan fingerprint density at radius 1 is 1.21 bits per heavy atom.